The molecule has 0 radical (unpaired) electrons. The van der Waals surface area contributed by atoms with Gasteiger partial charge in [-0.3, -0.25) is 9.59 Å². The fourth-order valence-electron chi connectivity index (χ4n) is 6.45. The van der Waals surface area contributed by atoms with Gasteiger partial charge in [0.25, 0.3) is 0 Å². The number of phenolic OH excluding ortho intramolecular Hbond substituents is 1. The van der Waals surface area contributed by atoms with Crippen LogP contribution in [0, 0.1) is 10.8 Å². The number of anilines is 1. The number of carbonyl (C=O) groups excluding carboxylic acids is 2. The van der Waals surface area contributed by atoms with Crippen molar-refractivity contribution in [3.8, 4) is 17.2 Å². The molecule has 2 aromatic carbocycles. The molecular weight excluding hydrogens is 490 g/mol. The van der Waals surface area contributed by atoms with E-state index < -0.39 is 5.92 Å². The van der Waals surface area contributed by atoms with Gasteiger partial charge in [-0.2, -0.15) is 0 Å². The lowest BCUT2D eigenvalue weighted by molar-refractivity contribution is -0.119. The number of allylic oxidation sites excluding steroid dienone is 4. The van der Waals surface area contributed by atoms with Gasteiger partial charge in [0.1, 0.15) is 5.75 Å². The number of hydrogen-bond donors (Lipinski definition) is 1. The van der Waals surface area contributed by atoms with Crippen molar-refractivity contribution in [2.24, 2.45) is 10.8 Å². The Morgan fingerprint density at radius 1 is 0.795 bits per heavy atom. The minimum absolute atomic E-state index is 0.0445. The van der Waals surface area contributed by atoms with E-state index in [0.717, 1.165) is 28.4 Å². The van der Waals surface area contributed by atoms with Gasteiger partial charge in [0.05, 0.1) is 13.2 Å². The second kappa shape index (κ2) is 9.89. The molecule has 206 valence electrons. The van der Waals surface area contributed by atoms with Crippen molar-refractivity contribution in [3.05, 3.63) is 70.6 Å². The summed E-state index contributed by atoms with van der Waals surface area (Å²) in [4.78, 5) is 30.2. The molecule has 0 aromatic heterocycles. The molecular formula is C33H39NO5. The van der Waals surface area contributed by atoms with E-state index in [9.17, 15) is 14.7 Å². The number of hydrogen-bond acceptors (Lipinski definition) is 6. The number of nitrogens with zero attached hydrogens (tertiary/aromatic N) is 1. The highest BCUT2D eigenvalue weighted by Gasteiger charge is 2.49. The van der Waals surface area contributed by atoms with Crippen LogP contribution in [-0.2, 0) is 9.59 Å². The molecule has 0 bridgehead atoms. The van der Waals surface area contributed by atoms with Crippen LogP contribution in [-0.4, -0.2) is 29.9 Å². The number of carbonyl (C=O) groups is 2. The van der Waals surface area contributed by atoms with Crippen molar-refractivity contribution in [2.75, 3.05) is 18.1 Å². The van der Waals surface area contributed by atoms with Gasteiger partial charge < -0.3 is 19.5 Å². The van der Waals surface area contributed by atoms with Crippen LogP contribution in [0.2, 0.25) is 0 Å². The number of aromatic hydroxyl groups is 1. The van der Waals surface area contributed by atoms with Gasteiger partial charge in [-0.1, -0.05) is 33.8 Å². The smallest absolute Gasteiger partial charge is 0.162 e. The Bertz CT molecular complexity index is 1330. The molecule has 0 unspecified atom stereocenters. The third-order valence-electron chi connectivity index (χ3n) is 7.93. The lowest BCUT2D eigenvalue weighted by Gasteiger charge is -2.49. The predicted octanol–water partition coefficient (Wildman–Crippen LogP) is 7.08. The molecule has 6 heteroatoms. The summed E-state index contributed by atoms with van der Waals surface area (Å²) in [6.07, 6.45) is 2.25. The molecule has 0 spiro atoms. The van der Waals surface area contributed by atoms with Crippen molar-refractivity contribution in [2.45, 2.75) is 73.1 Å². The van der Waals surface area contributed by atoms with Crippen LogP contribution in [0.3, 0.4) is 0 Å². The van der Waals surface area contributed by atoms with Crippen LogP contribution < -0.4 is 14.4 Å². The minimum atomic E-state index is -0.499. The van der Waals surface area contributed by atoms with Crippen molar-refractivity contribution in [1.29, 1.82) is 0 Å². The summed E-state index contributed by atoms with van der Waals surface area (Å²) in [6.45, 7) is 13.3. The summed E-state index contributed by atoms with van der Waals surface area (Å²) in [7, 11) is 0. The highest BCUT2D eigenvalue weighted by atomic mass is 16.5. The van der Waals surface area contributed by atoms with Crippen LogP contribution in [0.1, 0.15) is 78.7 Å². The lowest BCUT2D eigenvalue weighted by atomic mass is 9.63. The summed E-state index contributed by atoms with van der Waals surface area (Å²) < 4.78 is 11.4. The Labute approximate surface area is 231 Å². The quantitative estimate of drug-likeness (QED) is 0.431. The maximum atomic E-state index is 14.0. The van der Waals surface area contributed by atoms with Crippen LogP contribution in [0.5, 0.6) is 17.2 Å². The second-order valence-electron chi connectivity index (χ2n) is 12.5. The van der Waals surface area contributed by atoms with E-state index in [4.69, 9.17) is 9.47 Å². The molecule has 0 fully saturated rings. The number of ketones is 2. The molecule has 5 rings (SSSR count). The van der Waals surface area contributed by atoms with Crippen LogP contribution in [0.15, 0.2) is 65.0 Å². The van der Waals surface area contributed by atoms with Crippen LogP contribution in [0.25, 0.3) is 0 Å². The Balaban J connectivity index is 1.78. The minimum Gasteiger partial charge on any atom is -0.504 e. The number of ether oxygens (including phenoxy) is 2. The number of benzene rings is 2. The number of phenols is 1. The Morgan fingerprint density at radius 2 is 1.33 bits per heavy atom. The Morgan fingerprint density at radius 3 is 1.85 bits per heavy atom. The molecule has 39 heavy (non-hydrogen) atoms. The molecule has 0 saturated heterocycles. The first kappa shape index (κ1) is 27.0. The highest BCUT2D eigenvalue weighted by molar-refractivity contribution is 6.08. The van der Waals surface area contributed by atoms with E-state index in [1.54, 1.807) is 12.1 Å². The third-order valence-corrected chi connectivity index (χ3v) is 7.93. The fraction of sp³-hybridized carbons (Fsp3) is 0.455. The predicted molar refractivity (Wildman–Crippen MR) is 152 cm³/mol. The van der Waals surface area contributed by atoms with Gasteiger partial charge in [-0.05, 0) is 79.5 Å². The molecule has 1 aliphatic heterocycles. The maximum Gasteiger partial charge on any atom is 0.162 e. The van der Waals surface area contributed by atoms with Crippen molar-refractivity contribution in [3.63, 3.8) is 0 Å². The summed E-state index contributed by atoms with van der Waals surface area (Å²) in [5.74, 6) is 0.825. The van der Waals surface area contributed by atoms with Gasteiger partial charge >= 0.3 is 0 Å². The first-order valence-corrected chi connectivity index (χ1v) is 14.0. The van der Waals surface area contributed by atoms with Crippen molar-refractivity contribution >= 4 is 17.3 Å². The fourth-order valence-corrected chi connectivity index (χ4v) is 6.45. The van der Waals surface area contributed by atoms with E-state index in [0.29, 0.717) is 55.8 Å². The monoisotopic (exact) mass is 529 g/mol. The molecule has 3 aliphatic rings. The topological polar surface area (TPSA) is 76.1 Å². The van der Waals surface area contributed by atoms with Crippen LogP contribution in [0.4, 0.5) is 5.69 Å². The molecule has 2 aliphatic carbocycles. The summed E-state index contributed by atoms with van der Waals surface area (Å²) in [5.41, 5.74) is 4.56. The largest absolute Gasteiger partial charge is 0.504 e. The zero-order valence-electron chi connectivity index (χ0n) is 23.9. The molecule has 0 atom stereocenters. The average Bonchev–Trinajstić information content (AvgIpc) is 2.84. The van der Waals surface area contributed by atoms with E-state index >= 15 is 0 Å². The standard InChI is InChI=1S/C33H39NO5/c1-7-38-22-12-10-21(11-13-22)34-23-16-32(3,4)18-26(36)30(23)29(20-9-14-25(35)28(15-20)39-8-2)31-24(34)17-33(5,6)19-27(31)37/h9-15,29,35H,7-8,16-19H2,1-6H3. The molecule has 2 aromatic rings. The van der Waals surface area contributed by atoms with Gasteiger partial charge in [0, 0.05) is 47.0 Å². The van der Waals surface area contributed by atoms with Gasteiger partial charge in [0.15, 0.2) is 23.1 Å². The highest BCUT2D eigenvalue weighted by Crippen LogP contribution is 2.56. The Kier molecular flexibility index (Phi) is 6.86. The zero-order valence-corrected chi connectivity index (χ0v) is 23.9. The first-order valence-electron chi connectivity index (χ1n) is 14.0. The molecule has 0 saturated carbocycles. The van der Waals surface area contributed by atoms with Gasteiger partial charge in [-0.15, -0.1) is 0 Å². The summed E-state index contributed by atoms with van der Waals surface area (Å²) >= 11 is 0. The SMILES string of the molecule is CCOc1ccc(N2C3=C(C(=O)CC(C)(C)C3)C(c3ccc(O)c(OCC)c3)C3=C2CC(C)(C)CC3=O)cc1. The summed E-state index contributed by atoms with van der Waals surface area (Å²) in [6, 6.07) is 13.2. The van der Waals surface area contributed by atoms with E-state index in [2.05, 4.69) is 32.6 Å². The molecule has 1 heterocycles. The van der Waals surface area contributed by atoms with Crippen LogP contribution >= 0.6 is 0 Å². The van der Waals surface area contributed by atoms with E-state index in [-0.39, 0.29) is 28.1 Å². The average molecular weight is 530 g/mol. The van der Waals surface area contributed by atoms with Gasteiger partial charge in [0.2, 0.25) is 0 Å². The van der Waals surface area contributed by atoms with E-state index in [1.165, 1.54) is 0 Å². The van der Waals surface area contributed by atoms with E-state index in [1.807, 2.05) is 44.2 Å². The molecule has 1 N–H and O–H groups in total. The second-order valence-corrected chi connectivity index (χ2v) is 12.5. The maximum absolute atomic E-state index is 14.0. The first-order chi connectivity index (χ1) is 18.4. The van der Waals surface area contributed by atoms with Crippen molar-refractivity contribution < 1.29 is 24.2 Å². The molecule has 0 amide bonds. The van der Waals surface area contributed by atoms with Gasteiger partial charge in [-0.25, -0.2) is 0 Å². The normalized spacial score (nSPS) is 20.6. The van der Waals surface area contributed by atoms with Crippen molar-refractivity contribution in [1.82, 2.24) is 0 Å². The Hall–Kier alpha value is -3.54. The molecule has 6 nitrogen and oxygen atoms in total. The summed E-state index contributed by atoms with van der Waals surface area (Å²) in [5, 5.41) is 10.4. The third kappa shape index (κ3) is 4.97. The lowest BCUT2D eigenvalue weighted by Crippen LogP contribution is -2.44. The zero-order chi connectivity index (χ0) is 28.1. The number of Topliss-reactive ketones (excluding diaryl/α,β-unsaturated/α-hetero) is 2. The number of rotatable bonds is 6.